The van der Waals surface area contributed by atoms with Crippen LogP contribution in [-0.2, 0) is 0 Å². The Kier molecular flexibility index (Phi) is 4.10. The second kappa shape index (κ2) is 5.43. The average molecular weight is 313 g/mol. The van der Waals surface area contributed by atoms with Crippen molar-refractivity contribution in [1.29, 1.82) is 0 Å². The molecule has 0 amide bonds. The van der Waals surface area contributed by atoms with Crippen LogP contribution in [-0.4, -0.2) is 23.1 Å². The van der Waals surface area contributed by atoms with Gasteiger partial charge < -0.3 is 10.6 Å². The number of rotatable bonds is 3. The van der Waals surface area contributed by atoms with Gasteiger partial charge in [0.2, 0.25) is 5.95 Å². The van der Waals surface area contributed by atoms with Crippen molar-refractivity contribution < 1.29 is 0 Å². The van der Waals surface area contributed by atoms with Crippen molar-refractivity contribution in [2.24, 2.45) is 5.41 Å². The summed E-state index contributed by atoms with van der Waals surface area (Å²) < 4.78 is 0.923. The van der Waals surface area contributed by atoms with E-state index in [0.29, 0.717) is 17.4 Å². The molecular weight excluding hydrogens is 292 g/mol. The van der Waals surface area contributed by atoms with Crippen molar-refractivity contribution in [3.8, 4) is 0 Å². The molecule has 0 unspecified atom stereocenters. The average Bonchev–Trinajstić information content (AvgIpc) is 2.34. The molecule has 1 heterocycles. The zero-order chi connectivity index (χ0) is 13.2. The molecule has 0 aliphatic heterocycles. The minimum Gasteiger partial charge on any atom is -0.366 e. The van der Waals surface area contributed by atoms with E-state index in [1.54, 1.807) is 6.20 Å². The fraction of sp³-hybridized carbons (Fsp3) is 0.692. The van der Waals surface area contributed by atoms with Crippen LogP contribution >= 0.6 is 15.9 Å². The van der Waals surface area contributed by atoms with Gasteiger partial charge in [0.15, 0.2) is 0 Å². The van der Waals surface area contributed by atoms with E-state index in [9.17, 15) is 0 Å². The molecule has 1 aromatic rings. The highest BCUT2D eigenvalue weighted by molar-refractivity contribution is 9.10. The van der Waals surface area contributed by atoms with Crippen LogP contribution in [0.2, 0.25) is 0 Å². The van der Waals surface area contributed by atoms with Gasteiger partial charge in [0.1, 0.15) is 5.82 Å². The number of nitrogens with one attached hydrogen (secondary N) is 2. The van der Waals surface area contributed by atoms with Crippen LogP contribution in [0.5, 0.6) is 0 Å². The van der Waals surface area contributed by atoms with E-state index in [1.807, 2.05) is 7.05 Å². The predicted octanol–water partition coefficient (Wildman–Crippen LogP) is 3.66. The summed E-state index contributed by atoms with van der Waals surface area (Å²) >= 11 is 3.49. The number of nitrogens with zero attached hydrogens (tertiary/aromatic N) is 2. The number of hydrogen-bond acceptors (Lipinski definition) is 4. The third-order valence-corrected chi connectivity index (χ3v) is 4.23. The van der Waals surface area contributed by atoms with Gasteiger partial charge >= 0.3 is 0 Å². The van der Waals surface area contributed by atoms with Crippen LogP contribution < -0.4 is 10.6 Å². The van der Waals surface area contributed by atoms with Crippen molar-refractivity contribution in [1.82, 2.24) is 9.97 Å². The zero-order valence-electron chi connectivity index (χ0n) is 11.3. The standard InChI is InChI=1S/C13H21BrN4/c1-13(2)6-4-9(5-7-13)17-11-10(14)8-16-12(15-3)18-11/h8-9H,4-7H2,1-3H3,(H2,15,16,17,18). The van der Waals surface area contributed by atoms with Gasteiger partial charge in [-0.15, -0.1) is 0 Å². The van der Waals surface area contributed by atoms with Crippen molar-refractivity contribution in [3.05, 3.63) is 10.7 Å². The van der Waals surface area contributed by atoms with Crippen LogP contribution in [0.4, 0.5) is 11.8 Å². The number of halogens is 1. The SMILES string of the molecule is CNc1ncc(Br)c(NC2CCC(C)(C)CC2)n1. The summed E-state index contributed by atoms with van der Waals surface area (Å²) in [5, 5.41) is 6.49. The predicted molar refractivity (Wildman–Crippen MR) is 78.9 cm³/mol. The Morgan fingerprint density at radius 2 is 2.00 bits per heavy atom. The molecule has 1 saturated carbocycles. The second-order valence-corrected chi connectivity index (χ2v) is 6.58. The van der Waals surface area contributed by atoms with Gasteiger partial charge in [0, 0.05) is 19.3 Å². The lowest BCUT2D eigenvalue weighted by Crippen LogP contribution is -2.30. The molecule has 0 atom stereocenters. The molecule has 0 radical (unpaired) electrons. The third kappa shape index (κ3) is 3.34. The summed E-state index contributed by atoms with van der Waals surface area (Å²) in [5.74, 6) is 1.54. The fourth-order valence-electron chi connectivity index (χ4n) is 2.33. The Morgan fingerprint density at radius 3 is 2.61 bits per heavy atom. The van der Waals surface area contributed by atoms with Crippen LogP contribution in [0.15, 0.2) is 10.7 Å². The second-order valence-electron chi connectivity index (χ2n) is 5.72. The third-order valence-electron chi connectivity index (χ3n) is 3.65. The van der Waals surface area contributed by atoms with E-state index in [4.69, 9.17) is 0 Å². The zero-order valence-corrected chi connectivity index (χ0v) is 12.8. The summed E-state index contributed by atoms with van der Waals surface area (Å²) in [6.45, 7) is 4.70. The van der Waals surface area contributed by atoms with Gasteiger partial charge in [-0.3, -0.25) is 0 Å². The van der Waals surface area contributed by atoms with Gasteiger partial charge in [-0.2, -0.15) is 4.98 Å². The maximum absolute atomic E-state index is 4.44. The molecule has 1 aliphatic rings. The minimum absolute atomic E-state index is 0.497. The molecule has 4 nitrogen and oxygen atoms in total. The van der Waals surface area contributed by atoms with Crippen molar-refractivity contribution in [2.75, 3.05) is 17.7 Å². The summed E-state index contributed by atoms with van der Waals surface area (Å²) in [7, 11) is 1.83. The van der Waals surface area contributed by atoms with Crippen molar-refractivity contribution >= 4 is 27.7 Å². The maximum atomic E-state index is 4.44. The Morgan fingerprint density at radius 1 is 1.33 bits per heavy atom. The van der Waals surface area contributed by atoms with Crippen LogP contribution in [0.3, 0.4) is 0 Å². The van der Waals surface area contributed by atoms with E-state index in [0.717, 1.165) is 10.3 Å². The molecule has 1 aromatic heterocycles. The van der Waals surface area contributed by atoms with Gasteiger partial charge in [-0.05, 0) is 47.0 Å². The van der Waals surface area contributed by atoms with Gasteiger partial charge in [-0.1, -0.05) is 13.8 Å². The highest BCUT2D eigenvalue weighted by Crippen LogP contribution is 2.36. The Hall–Kier alpha value is -0.840. The Bertz CT molecular complexity index is 409. The first-order valence-electron chi connectivity index (χ1n) is 6.47. The number of hydrogen-bond donors (Lipinski definition) is 2. The van der Waals surface area contributed by atoms with Crippen LogP contribution in [0, 0.1) is 5.41 Å². The topological polar surface area (TPSA) is 49.8 Å². The first kappa shape index (κ1) is 13.6. The fourth-order valence-corrected chi connectivity index (χ4v) is 2.63. The Labute approximate surface area is 117 Å². The summed E-state index contributed by atoms with van der Waals surface area (Å²) in [5.41, 5.74) is 0.497. The van der Waals surface area contributed by atoms with Gasteiger partial charge in [0.25, 0.3) is 0 Å². The van der Waals surface area contributed by atoms with Crippen molar-refractivity contribution in [3.63, 3.8) is 0 Å². The smallest absolute Gasteiger partial charge is 0.224 e. The molecule has 18 heavy (non-hydrogen) atoms. The van der Waals surface area contributed by atoms with E-state index in [2.05, 4.69) is 50.4 Å². The van der Waals surface area contributed by atoms with Crippen LogP contribution in [0.25, 0.3) is 0 Å². The summed E-state index contributed by atoms with van der Waals surface area (Å²) in [6.07, 6.45) is 6.74. The molecule has 0 spiro atoms. The molecule has 0 aromatic carbocycles. The summed E-state index contributed by atoms with van der Waals surface area (Å²) in [4.78, 5) is 8.61. The van der Waals surface area contributed by atoms with E-state index in [-0.39, 0.29) is 0 Å². The van der Waals surface area contributed by atoms with E-state index >= 15 is 0 Å². The molecular formula is C13H21BrN4. The Balaban J connectivity index is 2.01. The molecule has 2 rings (SSSR count). The summed E-state index contributed by atoms with van der Waals surface area (Å²) in [6, 6.07) is 0.522. The van der Waals surface area contributed by atoms with E-state index in [1.165, 1.54) is 25.7 Å². The molecule has 1 aliphatic carbocycles. The molecule has 0 saturated heterocycles. The lowest BCUT2D eigenvalue weighted by Gasteiger charge is -2.34. The minimum atomic E-state index is 0.497. The lowest BCUT2D eigenvalue weighted by atomic mass is 9.75. The van der Waals surface area contributed by atoms with E-state index < -0.39 is 0 Å². The first-order chi connectivity index (χ1) is 8.50. The maximum Gasteiger partial charge on any atom is 0.224 e. The van der Waals surface area contributed by atoms with Gasteiger partial charge in [-0.25, -0.2) is 4.98 Å². The molecule has 1 fully saturated rings. The lowest BCUT2D eigenvalue weighted by molar-refractivity contribution is 0.232. The number of aromatic nitrogens is 2. The largest absolute Gasteiger partial charge is 0.366 e. The van der Waals surface area contributed by atoms with Crippen molar-refractivity contribution in [2.45, 2.75) is 45.6 Å². The molecule has 100 valence electrons. The number of anilines is 2. The quantitative estimate of drug-likeness (QED) is 0.894. The molecule has 0 bridgehead atoms. The monoisotopic (exact) mass is 312 g/mol. The molecule has 5 heteroatoms. The highest BCUT2D eigenvalue weighted by Gasteiger charge is 2.27. The van der Waals surface area contributed by atoms with Crippen LogP contribution in [0.1, 0.15) is 39.5 Å². The normalized spacial score (nSPS) is 19.6. The molecule has 2 N–H and O–H groups in total. The highest BCUT2D eigenvalue weighted by atomic mass is 79.9. The van der Waals surface area contributed by atoms with Gasteiger partial charge in [0.05, 0.1) is 4.47 Å². The first-order valence-corrected chi connectivity index (χ1v) is 7.26.